The van der Waals surface area contributed by atoms with Gasteiger partial charge in [-0.2, -0.15) is 0 Å². The molecule has 1 aromatic heterocycles. The summed E-state index contributed by atoms with van der Waals surface area (Å²) in [6.07, 6.45) is 4.41. The third-order valence-electron chi connectivity index (χ3n) is 5.67. The molecule has 1 amide bonds. The van der Waals surface area contributed by atoms with Crippen molar-refractivity contribution in [2.45, 2.75) is 40.0 Å². The minimum atomic E-state index is -0.322. The number of fused-ring (bicyclic) bond motifs is 1. The van der Waals surface area contributed by atoms with Crippen LogP contribution in [-0.4, -0.2) is 12.1 Å². The highest BCUT2D eigenvalue weighted by atomic mass is 32.1. The van der Waals surface area contributed by atoms with E-state index in [1.165, 1.54) is 17.2 Å². The van der Waals surface area contributed by atoms with Gasteiger partial charge in [0.2, 0.25) is 0 Å². The highest BCUT2D eigenvalue weighted by Gasteiger charge is 2.28. The van der Waals surface area contributed by atoms with Gasteiger partial charge in [0.25, 0.3) is 5.91 Å². The van der Waals surface area contributed by atoms with Crippen molar-refractivity contribution in [3.63, 3.8) is 0 Å². The van der Waals surface area contributed by atoms with Crippen LogP contribution >= 0.6 is 11.3 Å². The summed E-state index contributed by atoms with van der Waals surface area (Å²) >= 11 is 1.56. The molecule has 1 unspecified atom stereocenters. The second-order valence-corrected chi connectivity index (χ2v) is 9.12. The number of anilines is 1. The second-order valence-electron chi connectivity index (χ2n) is 8.03. The molecule has 0 bridgehead atoms. The maximum absolute atomic E-state index is 14.0. The van der Waals surface area contributed by atoms with Crippen LogP contribution in [0.4, 0.5) is 15.1 Å². The van der Waals surface area contributed by atoms with E-state index in [4.69, 9.17) is 0 Å². The van der Waals surface area contributed by atoms with E-state index in [1.807, 2.05) is 32.0 Å². The number of nitrogens with one attached hydrogen (secondary N) is 1. The first kappa shape index (κ1) is 20.5. The van der Waals surface area contributed by atoms with Crippen LogP contribution in [0.15, 0.2) is 47.5 Å². The lowest BCUT2D eigenvalue weighted by atomic mass is 9.88. The molecule has 0 fully saturated rings. The number of para-hydroxylation sites is 1. The van der Waals surface area contributed by atoms with Crippen molar-refractivity contribution >= 4 is 34.1 Å². The minimum Gasteiger partial charge on any atom is -0.321 e. The predicted octanol–water partition coefficient (Wildman–Crippen LogP) is 6.63. The first-order chi connectivity index (χ1) is 14.4. The first-order valence-electron chi connectivity index (χ1n) is 10.2. The van der Waals surface area contributed by atoms with Gasteiger partial charge in [0.15, 0.2) is 0 Å². The molecule has 4 rings (SSSR count). The predicted molar refractivity (Wildman–Crippen MR) is 123 cm³/mol. The summed E-state index contributed by atoms with van der Waals surface area (Å²) in [5, 5.41) is 3.77. The summed E-state index contributed by atoms with van der Waals surface area (Å²) in [6.45, 7) is 6.22. The summed E-state index contributed by atoms with van der Waals surface area (Å²) in [5.74, 6) is 0.131. The van der Waals surface area contributed by atoms with Crippen LogP contribution in [0, 0.1) is 25.6 Å². The van der Waals surface area contributed by atoms with Gasteiger partial charge in [0.1, 0.15) is 10.8 Å². The zero-order valence-electron chi connectivity index (χ0n) is 17.5. The quantitative estimate of drug-likeness (QED) is 0.473. The van der Waals surface area contributed by atoms with E-state index in [0.29, 0.717) is 22.0 Å². The molecule has 3 nitrogen and oxygen atoms in total. The van der Waals surface area contributed by atoms with Gasteiger partial charge < -0.3 is 5.32 Å². The van der Waals surface area contributed by atoms with Gasteiger partial charge in [-0.1, -0.05) is 43.3 Å². The SMILES string of the molecule is Cc1cccc(C)c1NC(=O)c1c(N=Cc2ccccc2F)sc2c1CCC(C)C2. The molecular formula is C25H25FN2OS. The minimum absolute atomic E-state index is 0.139. The largest absolute Gasteiger partial charge is 0.321 e. The molecule has 1 atom stereocenters. The number of halogens is 1. The topological polar surface area (TPSA) is 41.5 Å². The molecule has 1 heterocycles. The fraction of sp³-hybridized carbons (Fsp3) is 0.280. The standard InChI is InChI=1S/C25H25FN2OS/c1-15-11-12-19-21(13-15)30-25(27-14-18-9-4-5-10-20(18)26)22(19)24(29)28-23-16(2)7-6-8-17(23)3/h4-10,14-15H,11-13H2,1-3H3,(H,28,29). The Bertz CT molecular complexity index is 1110. The van der Waals surface area contributed by atoms with Gasteiger partial charge in [-0.3, -0.25) is 4.79 Å². The van der Waals surface area contributed by atoms with E-state index in [-0.39, 0.29) is 11.7 Å². The number of carbonyl (C=O) groups excluding carboxylic acids is 1. The Kier molecular flexibility index (Phi) is 5.82. The van der Waals surface area contributed by atoms with Crippen molar-refractivity contribution in [3.05, 3.63) is 81.0 Å². The summed E-state index contributed by atoms with van der Waals surface area (Å²) in [5.41, 5.74) is 5.05. The number of aliphatic imine (C=N–C) groups is 1. The number of hydrogen-bond acceptors (Lipinski definition) is 3. The van der Waals surface area contributed by atoms with E-state index < -0.39 is 0 Å². The zero-order chi connectivity index (χ0) is 21.3. The Hall–Kier alpha value is -2.79. The Morgan fingerprint density at radius 1 is 1.17 bits per heavy atom. The number of aryl methyl sites for hydroxylation is 2. The second kappa shape index (κ2) is 8.52. The van der Waals surface area contributed by atoms with Gasteiger partial charge in [0, 0.05) is 22.3 Å². The highest BCUT2D eigenvalue weighted by Crippen LogP contribution is 2.41. The summed E-state index contributed by atoms with van der Waals surface area (Å²) in [4.78, 5) is 19.2. The van der Waals surface area contributed by atoms with Crippen LogP contribution in [0.1, 0.15) is 50.8 Å². The molecule has 1 aliphatic carbocycles. The molecule has 154 valence electrons. The normalized spacial score (nSPS) is 15.9. The van der Waals surface area contributed by atoms with Gasteiger partial charge in [0.05, 0.1) is 5.56 Å². The average molecular weight is 421 g/mol. The van der Waals surface area contributed by atoms with Crippen molar-refractivity contribution in [2.24, 2.45) is 10.9 Å². The lowest BCUT2D eigenvalue weighted by Crippen LogP contribution is -2.17. The summed E-state index contributed by atoms with van der Waals surface area (Å²) < 4.78 is 14.0. The van der Waals surface area contributed by atoms with Crippen molar-refractivity contribution in [3.8, 4) is 0 Å². The molecule has 0 radical (unpaired) electrons. The molecular weight excluding hydrogens is 395 g/mol. The van der Waals surface area contributed by atoms with Crippen LogP contribution < -0.4 is 5.32 Å². The molecule has 0 aliphatic heterocycles. The molecule has 2 aromatic carbocycles. The van der Waals surface area contributed by atoms with Crippen molar-refractivity contribution in [1.29, 1.82) is 0 Å². The van der Waals surface area contributed by atoms with E-state index in [2.05, 4.69) is 17.2 Å². The average Bonchev–Trinajstić information content (AvgIpc) is 3.07. The molecule has 30 heavy (non-hydrogen) atoms. The third-order valence-corrected chi connectivity index (χ3v) is 6.83. The number of carbonyl (C=O) groups is 1. The van der Waals surface area contributed by atoms with E-state index in [1.54, 1.807) is 29.5 Å². The summed E-state index contributed by atoms with van der Waals surface area (Å²) in [6, 6.07) is 12.5. The van der Waals surface area contributed by atoms with E-state index in [9.17, 15) is 9.18 Å². The number of rotatable bonds is 4. The summed E-state index contributed by atoms with van der Waals surface area (Å²) in [7, 11) is 0. The third kappa shape index (κ3) is 4.08. The monoisotopic (exact) mass is 420 g/mol. The Labute approximate surface area is 180 Å². The number of hydrogen-bond donors (Lipinski definition) is 1. The number of thiophene rings is 1. The maximum atomic E-state index is 14.0. The number of nitrogens with zero attached hydrogens (tertiary/aromatic N) is 1. The molecule has 0 saturated heterocycles. The molecule has 0 saturated carbocycles. The molecule has 5 heteroatoms. The fourth-order valence-corrected chi connectivity index (χ4v) is 5.31. The van der Waals surface area contributed by atoms with Crippen LogP contribution in [0.3, 0.4) is 0 Å². The lowest BCUT2D eigenvalue weighted by Gasteiger charge is -2.19. The molecule has 0 spiro atoms. The smallest absolute Gasteiger partial charge is 0.259 e. The van der Waals surface area contributed by atoms with Crippen LogP contribution in [-0.2, 0) is 12.8 Å². The maximum Gasteiger partial charge on any atom is 0.259 e. The Balaban J connectivity index is 1.74. The van der Waals surface area contributed by atoms with Gasteiger partial charge in [-0.05, 0) is 61.8 Å². The Morgan fingerprint density at radius 2 is 1.90 bits per heavy atom. The van der Waals surface area contributed by atoms with Crippen molar-refractivity contribution in [1.82, 2.24) is 0 Å². The van der Waals surface area contributed by atoms with Crippen LogP contribution in [0.25, 0.3) is 0 Å². The molecule has 1 N–H and O–H groups in total. The lowest BCUT2D eigenvalue weighted by molar-refractivity contribution is 0.102. The molecule has 3 aromatic rings. The Morgan fingerprint density at radius 3 is 2.63 bits per heavy atom. The fourth-order valence-electron chi connectivity index (χ4n) is 3.96. The van der Waals surface area contributed by atoms with E-state index >= 15 is 0 Å². The van der Waals surface area contributed by atoms with Crippen LogP contribution in [0.2, 0.25) is 0 Å². The first-order valence-corrected chi connectivity index (χ1v) is 11.1. The van der Waals surface area contributed by atoms with Gasteiger partial charge >= 0.3 is 0 Å². The van der Waals surface area contributed by atoms with Crippen molar-refractivity contribution < 1.29 is 9.18 Å². The zero-order valence-corrected chi connectivity index (χ0v) is 18.3. The van der Waals surface area contributed by atoms with Gasteiger partial charge in [-0.25, -0.2) is 9.38 Å². The van der Waals surface area contributed by atoms with Crippen molar-refractivity contribution in [2.75, 3.05) is 5.32 Å². The highest BCUT2D eigenvalue weighted by molar-refractivity contribution is 7.16. The number of amides is 1. The molecule has 1 aliphatic rings. The van der Waals surface area contributed by atoms with Crippen LogP contribution in [0.5, 0.6) is 0 Å². The van der Waals surface area contributed by atoms with E-state index in [0.717, 1.165) is 41.6 Å². The number of benzene rings is 2. The van der Waals surface area contributed by atoms with Gasteiger partial charge in [-0.15, -0.1) is 11.3 Å².